The molecule has 0 spiro atoms. The van der Waals surface area contributed by atoms with E-state index in [-0.39, 0.29) is 0 Å². The Kier molecular flexibility index (Phi) is 6.22. The van der Waals surface area contributed by atoms with E-state index in [1.807, 2.05) is 6.07 Å². The Bertz CT molecular complexity index is 464. The molecule has 0 aliphatic carbocycles. The van der Waals surface area contributed by atoms with E-state index in [2.05, 4.69) is 45.6 Å². The van der Waals surface area contributed by atoms with E-state index < -0.39 is 0 Å². The highest BCUT2D eigenvalue weighted by molar-refractivity contribution is 9.10. The average Bonchev–Trinajstić information content (AvgIpc) is 2.43. The topological polar surface area (TPSA) is 37.7 Å². The third-order valence-electron chi connectivity index (χ3n) is 3.34. The largest absolute Gasteiger partial charge is 0.370 e. The number of benzene rings is 1. The van der Waals surface area contributed by atoms with Crippen molar-refractivity contribution in [2.45, 2.75) is 6.92 Å². The van der Waals surface area contributed by atoms with E-state index >= 15 is 0 Å². The summed E-state index contributed by atoms with van der Waals surface area (Å²) in [6.07, 6.45) is 0. The molecule has 0 atom stereocenters. The van der Waals surface area contributed by atoms with Crippen LogP contribution in [0.15, 0.2) is 22.7 Å². The lowest BCUT2D eigenvalue weighted by molar-refractivity contribution is -0.906. The first-order valence-corrected chi connectivity index (χ1v) is 8.07. The quantitative estimate of drug-likeness (QED) is 0.701. The fourth-order valence-corrected chi connectivity index (χ4v) is 2.96. The Morgan fingerprint density at radius 3 is 2.85 bits per heavy atom. The smallest absolute Gasteiger partial charge is 0.171 e. The molecule has 1 aliphatic heterocycles. The lowest BCUT2D eigenvalue weighted by Gasteiger charge is -2.24. The molecule has 1 fully saturated rings. The first-order valence-electron chi connectivity index (χ1n) is 6.87. The van der Waals surface area contributed by atoms with Crippen molar-refractivity contribution in [1.82, 2.24) is 5.32 Å². The van der Waals surface area contributed by atoms with E-state index in [0.717, 1.165) is 49.6 Å². The van der Waals surface area contributed by atoms with Crippen molar-refractivity contribution in [3.8, 4) is 0 Å². The van der Waals surface area contributed by atoms with Gasteiger partial charge in [0.15, 0.2) is 5.11 Å². The van der Waals surface area contributed by atoms with Gasteiger partial charge in [-0.3, -0.25) is 0 Å². The highest BCUT2D eigenvalue weighted by atomic mass is 79.9. The summed E-state index contributed by atoms with van der Waals surface area (Å²) in [5.41, 5.74) is 2.21. The van der Waals surface area contributed by atoms with Gasteiger partial charge in [0, 0.05) is 4.47 Å². The first kappa shape index (κ1) is 15.7. The van der Waals surface area contributed by atoms with Crippen LogP contribution >= 0.6 is 28.1 Å². The summed E-state index contributed by atoms with van der Waals surface area (Å²) < 4.78 is 6.37. The van der Waals surface area contributed by atoms with Gasteiger partial charge in [-0.25, -0.2) is 0 Å². The molecule has 6 heteroatoms. The van der Waals surface area contributed by atoms with Crippen LogP contribution in [0.5, 0.6) is 0 Å². The van der Waals surface area contributed by atoms with Crippen LogP contribution in [0.3, 0.4) is 0 Å². The maximum atomic E-state index is 5.34. The number of nitrogens with one attached hydrogen (secondary N) is 3. The van der Waals surface area contributed by atoms with Crippen molar-refractivity contribution in [2.24, 2.45) is 0 Å². The Balaban J connectivity index is 1.72. The SMILES string of the molecule is Cc1ccc(NC(=S)NCC[NH+]2CCOCC2)c(Br)c1. The molecular weight excluding hydrogens is 338 g/mol. The maximum Gasteiger partial charge on any atom is 0.171 e. The zero-order valence-electron chi connectivity index (χ0n) is 11.7. The second-order valence-corrected chi connectivity index (χ2v) is 6.24. The van der Waals surface area contributed by atoms with Crippen LogP contribution < -0.4 is 15.5 Å². The highest BCUT2D eigenvalue weighted by Gasteiger charge is 2.13. The number of hydrogen-bond acceptors (Lipinski definition) is 2. The molecule has 0 amide bonds. The molecule has 1 aromatic rings. The molecule has 1 heterocycles. The summed E-state index contributed by atoms with van der Waals surface area (Å²) in [5, 5.41) is 7.14. The number of halogens is 1. The summed E-state index contributed by atoms with van der Waals surface area (Å²) in [7, 11) is 0. The summed E-state index contributed by atoms with van der Waals surface area (Å²) in [6.45, 7) is 7.93. The van der Waals surface area contributed by atoms with Crippen molar-refractivity contribution < 1.29 is 9.64 Å². The van der Waals surface area contributed by atoms with Crippen LogP contribution in [0.4, 0.5) is 5.69 Å². The van der Waals surface area contributed by atoms with Crippen LogP contribution in [-0.2, 0) is 4.74 Å². The predicted molar refractivity (Wildman–Crippen MR) is 89.5 cm³/mol. The van der Waals surface area contributed by atoms with Crippen molar-refractivity contribution >= 4 is 38.9 Å². The number of aryl methyl sites for hydroxylation is 1. The highest BCUT2D eigenvalue weighted by Crippen LogP contribution is 2.23. The number of thiocarbonyl (C=S) groups is 1. The van der Waals surface area contributed by atoms with Gasteiger partial charge >= 0.3 is 0 Å². The van der Waals surface area contributed by atoms with E-state index in [4.69, 9.17) is 17.0 Å². The molecule has 3 N–H and O–H groups in total. The van der Waals surface area contributed by atoms with E-state index in [0.29, 0.717) is 5.11 Å². The van der Waals surface area contributed by atoms with E-state index in [1.165, 1.54) is 5.56 Å². The molecule has 0 bridgehead atoms. The molecular formula is C14H21BrN3OS+. The number of hydrogen-bond donors (Lipinski definition) is 3. The molecule has 1 aromatic carbocycles. The Labute approximate surface area is 134 Å². The van der Waals surface area contributed by atoms with Gasteiger partial charge in [-0.2, -0.15) is 0 Å². The van der Waals surface area contributed by atoms with Gasteiger partial charge in [0.1, 0.15) is 13.1 Å². The fraction of sp³-hybridized carbons (Fsp3) is 0.500. The first-order chi connectivity index (χ1) is 9.65. The number of rotatable bonds is 4. The lowest BCUT2D eigenvalue weighted by atomic mass is 10.2. The van der Waals surface area contributed by atoms with Gasteiger partial charge in [-0.05, 0) is 52.8 Å². The van der Waals surface area contributed by atoms with Gasteiger partial charge in [0.05, 0.1) is 32.0 Å². The van der Waals surface area contributed by atoms with Crippen LogP contribution in [0, 0.1) is 6.92 Å². The van der Waals surface area contributed by atoms with Crippen LogP contribution in [0.25, 0.3) is 0 Å². The zero-order valence-corrected chi connectivity index (χ0v) is 14.1. The van der Waals surface area contributed by atoms with Crippen LogP contribution in [0.1, 0.15) is 5.56 Å². The second kappa shape index (κ2) is 7.93. The Hall–Kier alpha value is -0.690. The molecule has 4 nitrogen and oxygen atoms in total. The van der Waals surface area contributed by atoms with Gasteiger partial charge < -0.3 is 20.3 Å². The van der Waals surface area contributed by atoms with Crippen molar-refractivity contribution in [1.29, 1.82) is 0 Å². The molecule has 1 saturated heterocycles. The van der Waals surface area contributed by atoms with Crippen molar-refractivity contribution in [2.75, 3.05) is 44.7 Å². The molecule has 0 saturated carbocycles. The minimum atomic E-state index is 0.669. The third-order valence-corrected chi connectivity index (χ3v) is 4.24. The minimum absolute atomic E-state index is 0.669. The minimum Gasteiger partial charge on any atom is -0.370 e. The molecule has 0 aromatic heterocycles. The molecule has 2 rings (SSSR count). The lowest BCUT2D eigenvalue weighted by Crippen LogP contribution is -3.14. The molecule has 0 radical (unpaired) electrons. The standard InChI is InChI=1S/C14H20BrN3OS/c1-11-2-3-13(12(15)10-11)17-14(20)16-4-5-18-6-8-19-9-7-18/h2-3,10H,4-9H2,1H3,(H2,16,17,20)/p+1. The van der Waals surface area contributed by atoms with Gasteiger partial charge in [0.25, 0.3) is 0 Å². The Morgan fingerprint density at radius 1 is 1.40 bits per heavy atom. The molecule has 0 unspecified atom stereocenters. The van der Waals surface area contributed by atoms with Crippen LogP contribution in [-0.4, -0.2) is 44.5 Å². The van der Waals surface area contributed by atoms with Crippen LogP contribution in [0.2, 0.25) is 0 Å². The summed E-state index contributed by atoms with van der Waals surface area (Å²) >= 11 is 8.86. The van der Waals surface area contributed by atoms with Gasteiger partial charge in [0.2, 0.25) is 0 Å². The Morgan fingerprint density at radius 2 is 2.15 bits per heavy atom. The van der Waals surface area contributed by atoms with E-state index in [1.54, 1.807) is 4.90 Å². The maximum absolute atomic E-state index is 5.34. The average molecular weight is 359 g/mol. The molecule has 1 aliphatic rings. The number of anilines is 1. The molecule has 20 heavy (non-hydrogen) atoms. The predicted octanol–water partition coefficient (Wildman–Crippen LogP) is 0.959. The molecule has 110 valence electrons. The zero-order chi connectivity index (χ0) is 14.4. The number of quaternary nitrogens is 1. The van der Waals surface area contributed by atoms with Crippen molar-refractivity contribution in [3.05, 3.63) is 28.2 Å². The summed E-state index contributed by atoms with van der Waals surface area (Å²) in [6, 6.07) is 6.16. The second-order valence-electron chi connectivity index (χ2n) is 4.98. The van der Waals surface area contributed by atoms with Gasteiger partial charge in [-0.1, -0.05) is 6.07 Å². The summed E-state index contributed by atoms with van der Waals surface area (Å²) in [4.78, 5) is 1.57. The monoisotopic (exact) mass is 358 g/mol. The fourth-order valence-electron chi connectivity index (χ4n) is 2.15. The van der Waals surface area contributed by atoms with Gasteiger partial charge in [-0.15, -0.1) is 0 Å². The summed E-state index contributed by atoms with van der Waals surface area (Å²) in [5.74, 6) is 0. The van der Waals surface area contributed by atoms with Crippen molar-refractivity contribution in [3.63, 3.8) is 0 Å². The third kappa shape index (κ3) is 5.01. The number of morpholine rings is 1. The number of ether oxygens (including phenoxy) is 1. The normalized spacial score (nSPS) is 15.9. The van der Waals surface area contributed by atoms with E-state index in [9.17, 15) is 0 Å².